The van der Waals surface area contributed by atoms with Crippen LogP contribution in [0.15, 0.2) is 51.9 Å². The highest BCUT2D eigenvalue weighted by Gasteiger charge is 2.33. The highest BCUT2D eigenvalue weighted by molar-refractivity contribution is 6.15. The van der Waals surface area contributed by atoms with Crippen molar-refractivity contribution in [3.05, 3.63) is 46.9 Å². The Balaban J connectivity index is 1.84. The maximum absolute atomic E-state index is 12.3. The summed E-state index contributed by atoms with van der Waals surface area (Å²) in [7, 11) is 0. The monoisotopic (exact) mass is 405 g/mol. The van der Waals surface area contributed by atoms with E-state index in [0.29, 0.717) is 42.8 Å². The summed E-state index contributed by atoms with van der Waals surface area (Å²) in [5.74, 6) is -0.193. The zero-order valence-corrected chi connectivity index (χ0v) is 17.9. The van der Waals surface area contributed by atoms with Crippen LogP contribution in [0.25, 0.3) is 0 Å². The van der Waals surface area contributed by atoms with Gasteiger partial charge in [-0.25, -0.2) is 0 Å². The quantitative estimate of drug-likeness (QED) is 0.673. The van der Waals surface area contributed by atoms with E-state index in [1.165, 1.54) is 6.21 Å². The van der Waals surface area contributed by atoms with Crippen LogP contribution in [0, 0.1) is 22.2 Å². The van der Waals surface area contributed by atoms with E-state index in [-0.39, 0.29) is 39.3 Å². The number of carbonyl (C=O) groups excluding carboxylic acids is 2. The summed E-state index contributed by atoms with van der Waals surface area (Å²) in [6, 6.07) is 9.22. The standard InChI is InChI=1S/C24H27N3O3/c1-23(2)9-19(17(13-25)20(28)10-23)27-16-7-5-6-15(8-16)26-14-18-21(29)11-24(3,4)12-22(18)30/h5-8,14,27,29H,9-12H2,1-4H3. The highest BCUT2D eigenvalue weighted by atomic mass is 16.3. The molecule has 1 aromatic carbocycles. The zero-order valence-electron chi connectivity index (χ0n) is 17.9. The van der Waals surface area contributed by atoms with Crippen LogP contribution in [0.5, 0.6) is 0 Å². The Kier molecular flexibility index (Phi) is 5.67. The van der Waals surface area contributed by atoms with Crippen LogP contribution in [0.3, 0.4) is 0 Å². The minimum absolute atomic E-state index is 0.0704. The van der Waals surface area contributed by atoms with Gasteiger partial charge in [0.15, 0.2) is 11.6 Å². The molecule has 2 aliphatic rings. The van der Waals surface area contributed by atoms with Gasteiger partial charge in [0.1, 0.15) is 17.4 Å². The molecule has 2 aliphatic carbocycles. The third-order valence-electron chi connectivity index (χ3n) is 5.37. The lowest BCUT2D eigenvalue weighted by Gasteiger charge is -2.30. The van der Waals surface area contributed by atoms with Gasteiger partial charge in [-0.2, -0.15) is 5.26 Å². The number of aliphatic hydroxyl groups is 1. The minimum Gasteiger partial charge on any atom is -0.511 e. The van der Waals surface area contributed by atoms with E-state index < -0.39 is 0 Å². The van der Waals surface area contributed by atoms with Crippen molar-refractivity contribution in [3.63, 3.8) is 0 Å². The first-order chi connectivity index (χ1) is 14.0. The number of nitrogens with one attached hydrogen (secondary N) is 1. The lowest BCUT2D eigenvalue weighted by molar-refractivity contribution is -0.118. The Labute approximate surface area is 177 Å². The van der Waals surface area contributed by atoms with Gasteiger partial charge in [0, 0.05) is 36.9 Å². The highest BCUT2D eigenvalue weighted by Crippen LogP contribution is 2.38. The van der Waals surface area contributed by atoms with Gasteiger partial charge in [-0.3, -0.25) is 14.6 Å². The summed E-state index contributed by atoms with van der Waals surface area (Å²) in [6.45, 7) is 7.91. The molecule has 0 radical (unpaired) electrons. The van der Waals surface area contributed by atoms with Crippen molar-refractivity contribution in [2.45, 2.75) is 53.4 Å². The van der Waals surface area contributed by atoms with Gasteiger partial charge in [0.05, 0.1) is 11.3 Å². The summed E-state index contributed by atoms with van der Waals surface area (Å²) in [5.41, 5.74) is 1.88. The fourth-order valence-electron chi connectivity index (χ4n) is 3.98. The number of nitrogens with zero attached hydrogens (tertiary/aromatic N) is 2. The number of nitriles is 1. The van der Waals surface area contributed by atoms with E-state index in [2.05, 4.69) is 10.3 Å². The molecular weight excluding hydrogens is 378 g/mol. The van der Waals surface area contributed by atoms with E-state index in [4.69, 9.17) is 0 Å². The molecule has 0 bridgehead atoms. The first kappa shape index (κ1) is 21.5. The van der Waals surface area contributed by atoms with Crippen LogP contribution in [-0.4, -0.2) is 22.9 Å². The second kappa shape index (κ2) is 7.91. The number of aliphatic imine (C=N–C) groups is 1. The van der Waals surface area contributed by atoms with Crippen LogP contribution in [0.2, 0.25) is 0 Å². The fourth-order valence-corrected chi connectivity index (χ4v) is 3.98. The number of Topliss-reactive ketones (excluding diaryl/α,β-unsaturated/α-hetero) is 2. The maximum Gasteiger partial charge on any atom is 0.175 e. The minimum atomic E-state index is -0.250. The van der Waals surface area contributed by atoms with E-state index in [9.17, 15) is 20.0 Å². The lowest BCUT2D eigenvalue weighted by atomic mass is 9.76. The molecule has 156 valence electrons. The molecule has 0 aromatic heterocycles. The summed E-state index contributed by atoms with van der Waals surface area (Å²) >= 11 is 0. The topological polar surface area (TPSA) is 103 Å². The summed E-state index contributed by atoms with van der Waals surface area (Å²) < 4.78 is 0. The molecule has 6 heteroatoms. The smallest absolute Gasteiger partial charge is 0.175 e. The van der Waals surface area contributed by atoms with Gasteiger partial charge in [-0.05, 0) is 35.4 Å². The molecule has 0 heterocycles. The van der Waals surface area contributed by atoms with Gasteiger partial charge in [-0.15, -0.1) is 0 Å². The van der Waals surface area contributed by atoms with Crippen molar-refractivity contribution in [1.82, 2.24) is 0 Å². The molecule has 0 amide bonds. The van der Waals surface area contributed by atoms with Crippen molar-refractivity contribution in [2.24, 2.45) is 15.8 Å². The number of benzene rings is 1. The molecule has 0 fully saturated rings. The van der Waals surface area contributed by atoms with E-state index >= 15 is 0 Å². The number of carbonyl (C=O) groups is 2. The number of ketones is 2. The first-order valence-electron chi connectivity index (χ1n) is 10.0. The Morgan fingerprint density at radius 2 is 1.73 bits per heavy atom. The lowest BCUT2D eigenvalue weighted by Crippen LogP contribution is -2.27. The van der Waals surface area contributed by atoms with Crippen molar-refractivity contribution in [2.75, 3.05) is 5.32 Å². The van der Waals surface area contributed by atoms with Gasteiger partial charge in [0.25, 0.3) is 0 Å². The van der Waals surface area contributed by atoms with Crippen molar-refractivity contribution < 1.29 is 14.7 Å². The molecule has 2 N–H and O–H groups in total. The number of hydrogen-bond acceptors (Lipinski definition) is 6. The molecule has 0 saturated carbocycles. The molecule has 30 heavy (non-hydrogen) atoms. The summed E-state index contributed by atoms with van der Waals surface area (Å²) in [6.07, 6.45) is 3.18. The Morgan fingerprint density at radius 1 is 1.07 bits per heavy atom. The van der Waals surface area contributed by atoms with Gasteiger partial charge in [0.2, 0.25) is 0 Å². The average Bonchev–Trinajstić information content (AvgIpc) is 2.59. The molecule has 0 spiro atoms. The Hall–Kier alpha value is -3.20. The number of aliphatic hydroxyl groups excluding tert-OH is 1. The SMILES string of the molecule is CC1(C)CC(=O)C(C=Nc2cccc(NC3=C(C#N)C(=O)CC(C)(C)C3)c2)=C(O)C1. The predicted octanol–water partition coefficient (Wildman–Crippen LogP) is 5.17. The first-order valence-corrected chi connectivity index (χ1v) is 10.0. The molecular formula is C24H27N3O3. The van der Waals surface area contributed by atoms with Crippen molar-refractivity contribution >= 4 is 29.2 Å². The summed E-state index contributed by atoms with van der Waals surface area (Å²) in [4.78, 5) is 29.0. The van der Waals surface area contributed by atoms with E-state index in [1.807, 2.05) is 39.8 Å². The largest absolute Gasteiger partial charge is 0.511 e. The Bertz CT molecular complexity index is 1040. The van der Waals surface area contributed by atoms with Crippen LogP contribution < -0.4 is 5.32 Å². The third-order valence-corrected chi connectivity index (χ3v) is 5.37. The molecule has 0 atom stereocenters. The van der Waals surface area contributed by atoms with Gasteiger partial charge in [-0.1, -0.05) is 33.8 Å². The zero-order chi connectivity index (χ0) is 22.1. The normalized spacial score (nSPS) is 21.2. The second-order valence-corrected chi connectivity index (χ2v) is 9.64. The van der Waals surface area contributed by atoms with Crippen LogP contribution in [-0.2, 0) is 9.59 Å². The number of hydrogen-bond donors (Lipinski definition) is 2. The number of rotatable bonds is 4. The Morgan fingerprint density at radius 3 is 2.40 bits per heavy atom. The van der Waals surface area contributed by atoms with Crippen molar-refractivity contribution in [3.8, 4) is 6.07 Å². The predicted molar refractivity (Wildman–Crippen MR) is 117 cm³/mol. The van der Waals surface area contributed by atoms with Crippen LogP contribution >= 0.6 is 0 Å². The molecule has 3 rings (SSSR count). The molecule has 6 nitrogen and oxygen atoms in total. The molecule has 0 unspecified atom stereocenters. The third kappa shape index (κ3) is 4.85. The van der Waals surface area contributed by atoms with Crippen molar-refractivity contribution in [1.29, 1.82) is 5.26 Å². The number of allylic oxidation sites excluding steroid dienone is 4. The second-order valence-electron chi connectivity index (χ2n) is 9.64. The average molecular weight is 405 g/mol. The van der Waals surface area contributed by atoms with Crippen LogP contribution in [0.1, 0.15) is 53.4 Å². The van der Waals surface area contributed by atoms with Crippen LogP contribution in [0.4, 0.5) is 11.4 Å². The van der Waals surface area contributed by atoms with Gasteiger partial charge < -0.3 is 10.4 Å². The van der Waals surface area contributed by atoms with E-state index in [1.54, 1.807) is 18.2 Å². The fraction of sp³-hybridized carbons (Fsp3) is 0.417. The number of anilines is 1. The van der Waals surface area contributed by atoms with E-state index in [0.717, 1.165) is 0 Å². The summed E-state index contributed by atoms with van der Waals surface area (Å²) in [5, 5.41) is 22.8. The molecule has 0 aliphatic heterocycles. The van der Waals surface area contributed by atoms with Gasteiger partial charge >= 0.3 is 0 Å². The molecule has 0 saturated heterocycles. The molecule has 1 aromatic rings. The maximum atomic E-state index is 12.3.